The van der Waals surface area contributed by atoms with E-state index in [9.17, 15) is 14.4 Å². The van der Waals surface area contributed by atoms with Gasteiger partial charge in [0.2, 0.25) is 0 Å². The van der Waals surface area contributed by atoms with Crippen LogP contribution in [0.1, 0.15) is 11.6 Å². The number of rotatable bonds is 1. The molecule has 0 saturated carbocycles. The lowest BCUT2D eigenvalue weighted by Gasteiger charge is -2.12. The lowest BCUT2D eigenvalue weighted by Crippen LogP contribution is -2.43. The molecule has 1 aliphatic rings. The van der Waals surface area contributed by atoms with Crippen molar-refractivity contribution in [2.75, 3.05) is 19.0 Å². The van der Waals surface area contributed by atoms with Crippen LogP contribution in [0.5, 0.6) is 0 Å². The molecule has 1 heterocycles. The molecule has 1 aliphatic heterocycles. The molecule has 0 spiro atoms. The highest BCUT2D eigenvalue weighted by atomic mass is 16.2. The minimum atomic E-state index is -0.819. The van der Waals surface area contributed by atoms with Crippen molar-refractivity contribution >= 4 is 23.4 Å². The second-order valence-corrected chi connectivity index (χ2v) is 3.94. The van der Waals surface area contributed by atoms with E-state index in [1.807, 2.05) is 6.07 Å². The van der Waals surface area contributed by atoms with Crippen molar-refractivity contribution in [2.45, 2.75) is 6.04 Å². The number of carbonyl (C=O) groups is 3. The van der Waals surface area contributed by atoms with Crippen LogP contribution in [0.2, 0.25) is 0 Å². The first-order valence-corrected chi connectivity index (χ1v) is 5.45. The molecule has 6 heteroatoms. The third-order valence-electron chi connectivity index (χ3n) is 2.90. The van der Waals surface area contributed by atoms with Gasteiger partial charge in [-0.25, -0.2) is 0 Å². The van der Waals surface area contributed by atoms with E-state index in [0.29, 0.717) is 5.56 Å². The van der Waals surface area contributed by atoms with Crippen LogP contribution in [0.4, 0.5) is 5.69 Å². The molecule has 1 atom stereocenters. The van der Waals surface area contributed by atoms with Crippen molar-refractivity contribution in [3.63, 3.8) is 0 Å². The third kappa shape index (κ3) is 1.81. The van der Waals surface area contributed by atoms with Crippen molar-refractivity contribution < 1.29 is 14.4 Å². The number of hydrogen-bond acceptors (Lipinski definition) is 3. The molecule has 0 aliphatic carbocycles. The predicted molar refractivity (Wildman–Crippen MR) is 64.8 cm³/mol. The highest BCUT2D eigenvalue weighted by Crippen LogP contribution is 2.34. The molecule has 1 unspecified atom stereocenters. The lowest BCUT2D eigenvalue weighted by molar-refractivity contribution is -0.140. The summed E-state index contributed by atoms with van der Waals surface area (Å²) in [5.41, 5.74) is 1.44. The molecule has 3 amide bonds. The highest BCUT2D eigenvalue weighted by Gasteiger charge is 2.36. The zero-order chi connectivity index (χ0) is 13.3. The number of likely N-dealkylation sites (N-methyl/N-ethyl adjacent to an activating group) is 2. The van der Waals surface area contributed by atoms with Crippen LogP contribution < -0.4 is 15.5 Å². The monoisotopic (exact) mass is 247 g/mol. The Balaban J connectivity index is 2.27. The minimum absolute atomic E-state index is 0.256. The molecule has 18 heavy (non-hydrogen) atoms. The number of benzene rings is 1. The standard InChI is InChI=1S/C12H13N3O3/c1-13-10(16)11(17)14-9-7-5-3-4-6-8(7)15(2)12(9)18/h3-6,9H,1-2H3,(H,13,16)(H,14,17). The van der Waals surface area contributed by atoms with Crippen LogP contribution in [0.15, 0.2) is 24.3 Å². The summed E-state index contributed by atoms with van der Waals surface area (Å²) in [5, 5.41) is 4.64. The second kappa shape index (κ2) is 4.48. The van der Waals surface area contributed by atoms with Gasteiger partial charge in [-0.05, 0) is 6.07 Å². The molecule has 1 aromatic rings. The van der Waals surface area contributed by atoms with Gasteiger partial charge in [0.25, 0.3) is 5.91 Å². The van der Waals surface area contributed by atoms with Crippen molar-refractivity contribution in [2.24, 2.45) is 0 Å². The third-order valence-corrected chi connectivity index (χ3v) is 2.90. The number of anilines is 1. The van der Waals surface area contributed by atoms with E-state index >= 15 is 0 Å². The average Bonchev–Trinajstić information content (AvgIpc) is 2.63. The summed E-state index contributed by atoms with van der Waals surface area (Å²) in [5.74, 6) is -1.84. The van der Waals surface area contributed by atoms with Gasteiger partial charge >= 0.3 is 11.8 Å². The Morgan fingerprint density at radius 3 is 2.56 bits per heavy atom. The van der Waals surface area contributed by atoms with Crippen LogP contribution in [-0.4, -0.2) is 31.8 Å². The van der Waals surface area contributed by atoms with Gasteiger partial charge in [0.05, 0.1) is 0 Å². The number of amides is 3. The summed E-state index contributed by atoms with van der Waals surface area (Å²) in [6.07, 6.45) is 0. The molecule has 2 N–H and O–H groups in total. The van der Waals surface area contributed by atoms with Gasteiger partial charge in [0, 0.05) is 25.3 Å². The molecule has 94 valence electrons. The molecule has 2 rings (SSSR count). The van der Waals surface area contributed by atoms with Crippen LogP contribution >= 0.6 is 0 Å². The summed E-state index contributed by atoms with van der Waals surface area (Å²) >= 11 is 0. The van der Waals surface area contributed by atoms with E-state index < -0.39 is 17.9 Å². The maximum atomic E-state index is 12.0. The van der Waals surface area contributed by atoms with E-state index in [4.69, 9.17) is 0 Å². The van der Waals surface area contributed by atoms with Crippen molar-refractivity contribution in [3.05, 3.63) is 29.8 Å². The molecule has 0 fully saturated rings. The first-order valence-electron chi connectivity index (χ1n) is 5.45. The van der Waals surface area contributed by atoms with Gasteiger partial charge in [-0.2, -0.15) is 0 Å². The van der Waals surface area contributed by atoms with Gasteiger partial charge in [-0.3, -0.25) is 14.4 Å². The van der Waals surface area contributed by atoms with Gasteiger partial charge in [0.15, 0.2) is 0 Å². The van der Waals surface area contributed by atoms with E-state index in [2.05, 4.69) is 10.6 Å². The summed E-state index contributed by atoms with van der Waals surface area (Å²) in [7, 11) is 2.99. The zero-order valence-corrected chi connectivity index (χ0v) is 10.1. The summed E-state index contributed by atoms with van der Waals surface area (Å²) in [4.78, 5) is 36.1. The Kier molecular flexibility index (Phi) is 3.01. The second-order valence-electron chi connectivity index (χ2n) is 3.94. The molecule has 0 aromatic heterocycles. The maximum absolute atomic E-state index is 12.0. The fourth-order valence-corrected chi connectivity index (χ4v) is 1.93. The molecule has 0 saturated heterocycles. The number of para-hydroxylation sites is 1. The fraction of sp³-hybridized carbons (Fsp3) is 0.250. The number of nitrogens with zero attached hydrogens (tertiary/aromatic N) is 1. The Hall–Kier alpha value is -2.37. The maximum Gasteiger partial charge on any atom is 0.310 e. The number of fused-ring (bicyclic) bond motifs is 1. The van der Waals surface area contributed by atoms with Gasteiger partial charge in [0.1, 0.15) is 6.04 Å². The van der Waals surface area contributed by atoms with Crippen molar-refractivity contribution in [1.29, 1.82) is 0 Å². The van der Waals surface area contributed by atoms with E-state index in [1.165, 1.54) is 11.9 Å². The Bertz CT molecular complexity index is 527. The average molecular weight is 247 g/mol. The zero-order valence-electron chi connectivity index (χ0n) is 10.1. The first kappa shape index (κ1) is 12.1. The molecule has 6 nitrogen and oxygen atoms in total. The van der Waals surface area contributed by atoms with Crippen LogP contribution in [0.3, 0.4) is 0 Å². The lowest BCUT2D eigenvalue weighted by atomic mass is 10.1. The van der Waals surface area contributed by atoms with E-state index in [1.54, 1.807) is 25.2 Å². The largest absolute Gasteiger partial charge is 0.351 e. The Morgan fingerprint density at radius 2 is 1.89 bits per heavy atom. The molecular formula is C12H13N3O3. The molecule has 0 radical (unpaired) electrons. The quantitative estimate of drug-likeness (QED) is 0.661. The van der Waals surface area contributed by atoms with Gasteiger partial charge in [-0.15, -0.1) is 0 Å². The predicted octanol–water partition coefficient (Wildman–Crippen LogP) is -0.434. The Morgan fingerprint density at radius 1 is 1.22 bits per heavy atom. The minimum Gasteiger partial charge on any atom is -0.351 e. The summed E-state index contributed by atoms with van der Waals surface area (Å²) in [6, 6.07) is 6.34. The highest BCUT2D eigenvalue weighted by molar-refractivity contribution is 6.35. The Labute approximate surface area is 104 Å². The normalized spacial score (nSPS) is 17.3. The molecule has 0 bridgehead atoms. The van der Waals surface area contributed by atoms with Crippen LogP contribution in [0.25, 0.3) is 0 Å². The van der Waals surface area contributed by atoms with Crippen molar-refractivity contribution in [3.8, 4) is 0 Å². The molecule has 1 aromatic carbocycles. The number of carbonyl (C=O) groups excluding carboxylic acids is 3. The number of hydrogen-bond donors (Lipinski definition) is 2. The van der Waals surface area contributed by atoms with Crippen LogP contribution in [-0.2, 0) is 14.4 Å². The smallest absolute Gasteiger partial charge is 0.310 e. The first-order chi connectivity index (χ1) is 8.56. The number of nitrogens with one attached hydrogen (secondary N) is 2. The SMILES string of the molecule is CNC(=O)C(=O)NC1C(=O)N(C)c2ccccc21. The summed E-state index contributed by atoms with van der Waals surface area (Å²) in [6.45, 7) is 0. The topological polar surface area (TPSA) is 78.5 Å². The fourth-order valence-electron chi connectivity index (χ4n) is 1.93. The van der Waals surface area contributed by atoms with Crippen molar-refractivity contribution in [1.82, 2.24) is 10.6 Å². The van der Waals surface area contributed by atoms with E-state index in [-0.39, 0.29) is 5.91 Å². The van der Waals surface area contributed by atoms with Crippen LogP contribution in [0, 0.1) is 0 Å². The van der Waals surface area contributed by atoms with Gasteiger partial charge < -0.3 is 15.5 Å². The molecular weight excluding hydrogens is 234 g/mol. The van der Waals surface area contributed by atoms with E-state index in [0.717, 1.165) is 5.69 Å². The van der Waals surface area contributed by atoms with Gasteiger partial charge in [-0.1, -0.05) is 18.2 Å². The summed E-state index contributed by atoms with van der Waals surface area (Å²) < 4.78 is 0.